The lowest BCUT2D eigenvalue weighted by atomic mass is 10.1. The van der Waals surface area contributed by atoms with Crippen molar-refractivity contribution < 1.29 is 4.74 Å². The molecular formula is C16H29N3O. The number of anilines is 1. The number of aromatic nitrogens is 1. The molecule has 1 aromatic rings. The van der Waals surface area contributed by atoms with Crippen molar-refractivity contribution in [1.29, 1.82) is 0 Å². The Hall–Kier alpha value is -1.13. The van der Waals surface area contributed by atoms with Gasteiger partial charge in [0.15, 0.2) is 0 Å². The van der Waals surface area contributed by atoms with Crippen molar-refractivity contribution in [1.82, 2.24) is 10.3 Å². The third-order valence-electron chi connectivity index (χ3n) is 3.59. The Kier molecular flexibility index (Phi) is 6.96. The molecule has 0 aliphatic rings. The number of rotatable bonds is 8. The van der Waals surface area contributed by atoms with Gasteiger partial charge in [-0.3, -0.25) is 0 Å². The first-order chi connectivity index (χ1) is 9.51. The molecule has 0 bridgehead atoms. The van der Waals surface area contributed by atoms with Gasteiger partial charge in [-0.1, -0.05) is 6.92 Å². The van der Waals surface area contributed by atoms with E-state index >= 15 is 0 Å². The van der Waals surface area contributed by atoms with Crippen molar-refractivity contribution in [2.24, 2.45) is 0 Å². The molecule has 0 saturated carbocycles. The zero-order valence-corrected chi connectivity index (χ0v) is 13.8. The summed E-state index contributed by atoms with van der Waals surface area (Å²) in [7, 11) is 3.83. The number of aryl methyl sites for hydroxylation is 2. The molecule has 1 N–H and O–H groups in total. The first-order valence-corrected chi connectivity index (χ1v) is 7.40. The molecule has 0 spiro atoms. The quantitative estimate of drug-likeness (QED) is 0.742. The maximum absolute atomic E-state index is 5.26. The lowest BCUT2D eigenvalue weighted by molar-refractivity contribution is 0.183. The van der Waals surface area contributed by atoms with Gasteiger partial charge in [-0.2, -0.15) is 0 Å². The molecule has 4 heteroatoms. The topological polar surface area (TPSA) is 37.4 Å². The SMILES string of the molecule is CCCNCc1c(C)cc(C)nc1N(C)C(C)COC. The fourth-order valence-corrected chi connectivity index (χ4v) is 2.31. The Labute approximate surface area is 123 Å². The van der Waals surface area contributed by atoms with E-state index in [0.717, 1.165) is 31.0 Å². The molecule has 114 valence electrons. The summed E-state index contributed by atoms with van der Waals surface area (Å²) in [5.41, 5.74) is 3.65. The maximum atomic E-state index is 5.26. The predicted molar refractivity (Wildman–Crippen MR) is 85.4 cm³/mol. The zero-order valence-electron chi connectivity index (χ0n) is 13.8. The van der Waals surface area contributed by atoms with Gasteiger partial charge in [0.25, 0.3) is 0 Å². The van der Waals surface area contributed by atoms with Gasteiger partial charge in [-0.15, -0.1) is 0 Å². The van der Waals surface area contributed by atoms with E-state index in [0.29, 0.717) is 12.6 Å². The molecule has 0 amide bonds. The van der Waals surface area contributed by atoms with Crippen LogP contribution in [0, 0.1) is 13.8 Å². The van der Waals surface area contributed by atoms with E-state index in [4.69, 9.17) is 9.72 Å². The van der Waals surface area contributed by atoms with Crippen LogP contribution < -0.4 is 10.2 Å². The van der Waals surface area contributed by atoms with Gasteiger partial charge in [0.2, 0.25) is 0 Å². The Morgan fingerprint density at radius 1 is 1.40 bits per heavy atom. The van der Waals surface area contributed by atoms with Gasteiger partial charge >= 0.3 is 0 Å². The highest BCUT2D eigenvalue weighted by molar-refractivity contribution is 5.51. The highest BCUT2D eigenvalue weighted by atomic mass is 16.5. The number of likely N-dealkylation sites (N-methyl/N-ethyl adjacent to an activating group) is 1. The summed E-state index contributed by atoms with van der Waals surface area (Å²) in [6, 6.07) is 2.46. The molecule has 0 aliphatic heterocycles. The van der Waals surface area contributed by atoms with Crippen LogP contribution in [0.4, 0.5) is 5.82 Å². The van der Waals surface area contributed by atoms with E-state index in [1.54, 1.807) is 7.11 Å². The van der Waals surface area contributed by atoms with Crippen molar-refractivity contribution >= 4 is 5.82 Å². The maximum Gasteiger partial charge on any atom is 0.133 e. The Morgan fingerprint density at radius 3 is 2.70 bits per heavy atom. The summed E-state index contributed by atoms with van der Waals surface area (Å²) in [4.78, 5) is 6.96. The van der Waals surface area contributed by atoms with Crippen molar-refractivity contribution in [2.75, 3.05) is 32.2 Å². The highest BCUT2D eigenvalue weighted by Gasteiger charge is 2.17. The zero-order chi connectivity index (χ0) is 15.1. The summed E-state index contributed by atoms with van der Waals surface area (Å²) in [5, 5.41) is 3.48. The van der Waals surface area contributed by atoms with Gasteiger partial charge in [0, 0.05) is 32.0 Å². The molecule has 20 heavy (non-hydrogen) atoms. The first-order valence-electron chi connectivity index (χ1n) is 7.40. The lowest BCUT2D eigenvalue weighted by Crippen LogP contribution is -2.34. The van der Waals surface area contributed by atoms with E-state index in [2.05, 4.69) is 51.0 Å². The summed E-state index contributed by atoms with van der Waals surface area (Å²) in [5.74, 6) is 1.07. The van der Waals surface area contributed by atoms with E-state index in [9.17, 15) is 0 Å². The second-order valence-corrected chi connectivity index (χ2v) is 5.47. The lowest BCUT2D eigenvalue weighted by Gasteiger charge is -2.28. The molecule has 4 nitrogen and oxygen atoms in total. The monoisotopic (exact) mass is 279 g/mol. The molecule has 0 radical (unpaired) electrons. The van der Waals surface area contributed by atoms with Crippen molar-refractivity contribution in [3.8, 4) is 0 Å². The smallest absolute Gasteiger partial charge is 0.133 e. The largest absolute Gasteiger partial charge is 0.383 e. The van der Waals surface area contributed by atoms with E-state index in [1.807, 2.05) is 0 Å². The van der Waals surface area contributed by atoms with Crippen LogP contribution in [0.1, 0.15) is 37.1 Å². The van der Waals surface area contributed by atoms with Crippen LogP contribution in [-0.4, -0.2) is 38.3 Å². The number of nitrogens with zero attached hydrogens (tertiary/aromatic N) is 2. The number of nitrogens with one attached hydrogen (secondary N) is 1. The number of methoxy groups -OCH3 is 1. The minimum atomic E-state index is 0.304. The molecule has 1 aromatic heterocycles. The van der Waals surface area contributed by atoms with Crippen LogP contribution in [0.15, 0.2) is 6.07 Å². The fourth-order valence-electron chi connectivity index (χ4n) is 2.31. The van der Waals surface area contributed by atoms with Gasteiger partial charge in [-0.05, 0) is 45.4 Å². The summed E-state index contributed by atoms with van der Waals surface area (Å²) in [6.07, 6.45) is 1.14. The van der Waals surface area contributed by atoms with Crippen molar-refractivity contribution in [3.63, 3.8) is 0 Å². The molecule has 1 heterocycles. The van der Waals surface area contributed by atoms with Crippen LogP contribution in [0.3, 0.4) is 0 Å². The van der Waals surface area contributed by atoms with E-state index < -0.39 is 0 Å². The van der Waals surface area contributed by atoms with Crippen molar-refractivity contribution in [2.45, 2.75) is 46.7 Å². The van der Waals surface area contributed by atoms with Gasteiger partial charge < -0.3 is 15.0 Å². The Balaban J connectivity index is 3.02. The second-order valence-electron chi connectivity index (χ2n) is 5.47. The van der Waals surface area contributed by atoms with Crippen molar-refractivity contribution in [3.05, 3.63) is 22.9 Å². The van der Waals surface area contributed by atoms with Crippen LogP contribution in [0.25, 0.3) is 0 Å². The molecule has 0 aromatic carbocycles. The molecule has 0 aliphatic carbocycles. The average Bonchev–Trinajstić information content (AvgIpc) is 2.40. The molecule has 0 saturated heterocycles. The number of ether oxygens (including phenoxy) is 1. The summed E-state index contributed by atoms with van der Waals surface area (Å²) < 4.78 is 5.26. The minimum Gasteiger partial charge on any atom is -0.383 e. The molecule has 1 rings (SSSR count). The average molecular weight is 279 g/mol. The Morgan fingerprint density at radius 2 is 2.10 bits per heavy atom. The van der Waals surface area contributed by atoms with Gasteiger partial charge in [0.05, 0.1) is 12.6 Å². The molecule has 1 unspecified atom stereocenters. The third-order valence-corrected chi connectivity index (χ3v) is 3.59. The van der Waals surface area contributed by atoms with Crippen LogP contribution >= 0.6 is 0 Å². The van der Waals surface area contributed by atoms with Crippen LogP contribution in [0.2, 0.25) is 0 Å². The Bertz CT molecular complexity index is 420. The van der Waals surface area contributed by atoms with E-state index in [-0.39, 0.29) is 0 Å². The number of hydrogen-bond acceptors (Lipinski definition) is 4. The molecular weight excluding hydrogens is 250 g/mol. The predicted octanol–water partition coefficient (Wildman–Crippen LogP) is 2.67. The standard InChI is InChI=1S/C16H29N3O/c1-7-8-17-10-15-12(2)9-13(3)18-16(15)19(5)14(4)11-20-6/h9,14,17H,7-8,10-11H2,1-6H3. The summed E-state index contributed by atoms with van der Waals surface area (Å²) in [6.45, 7) is 11.2. The normalized spacial score (nSPS) is 12.5. The van der Waals surface area contributed by atoms with Gasteiger partial charge in [-0.25, -0.2) is 4.98 Å². The third kappa shape index (κ3) is 4.46. The van der Waals surface area contributed by atoms with E-state index in [1.165, 1.54) is 11.1 Å². The van der Waals surface area contributed by atoms with Crippen LogP contribution in [-0.2, 0) is 11.3 Å². The number of pyridine rings is 1. The number of hydrogen-bond donors (Lipinski definition) is 1. The van der Waals surface area contributed by atoms with Crippen LogP contribution in [0.5, 0.6) is 0 Å². The fraction of sp³-hybridized carbons (Fsp3) is 0.688. The first kappa shape index (κ1) is 16.9. The second kappa shape index (κ2) is 8.22. The van der Waals surface area contributed by atoms with Gasteiger partial charge in [0.1, 0.15) is 5.82 Å². The molecule has 1 atom stereocenters. The molecule has 0 fully saturated rings. The minimum absolute atomic E-state index is 0.304. The highest BCUT2D eigenvalue weighted by Crippen LogP contribution is 2.23. The summed E-state index contributed by atoms with van der Waals surface area (Å²) >= 11 is 0.